The molecule has 1 saturated carbocycles. The summed E-state index contributed by atoms with van der Waals surface area (Å²) in [5.41, 5.74) is 1.28. The van der Waals surface area contributed by atoms with Crippen LogP contribution < -0.4 is 0 Å². The predicted octanol–water partition coefficient (Wildman–Crippen LogP) is 1.85. The molecular weight excluding hydrogens is 290 g/mol. The Morgan fingerprint density at radius 3 is 2.91 bits per heavy atom. The van der Waals surface area contributed by atoms with Gasteiger partial charge in [-0.15, -0.1) is 10.2 Å². The Kier molecular flexibility index (Phi) is 3.93. The first kappa shape index (κ1) is 14.9. The molecule has 1 aromatic heterocycles. The van der Waals surface area contributed by atoms with Gasteiger partial charge < -0.3 is 9.47 Å². The third-order valence-corrected chi connectivity index (χ3v) is 5.13. The van der Waals surface area contributed by atoms with Crippen molar-refractivity contribution in [2.24, 2.45) is 0 Å². The van der Waals surface area contributed by atoms with E-state index in [2.05, 4.69) is 30.6 Å². The molecule has 0 atom stereocenters. The van der Waals surface area contributed by atoms with Crippen molar-refractivity contribution in [3.05, 3.63) is 23.4 Å². The van der Waals surface area contributed by atoms with Crippen LogP contribution in [0.2, 0.25) is 0 Å². The normalized spacial score (nSPS) is 21.7. The molecule has 6 heteroatoms. The largest absolute Gasteiger partial charge is 0.313 e. The van der Waals surface area contributed by atoms with Gasteiger partial charge in [0.2, 0.25) is 5.91 Å². The van der Waals surface area contributed by atoms with Crippen LogP contribution in [0.25, 0.3) is 0 Å². The minimum Gasteiger partial charge on any atom is -0.313 e. The van der Waals surface area contributed by atoms with Crippen LogP contribution in [0.1, 0.15) is 50.2 Å². The van der Waals surface area contributed by atoms with Crippen molar-refractivity contribution >= 4 is 5.91 Å². The minimum absolute atomic E-state index is 0.269. The van der Waals surface area contributed by atoms with Gasteiger partial charge in [-0.05, 0) is 45.4 Å². The van der Waals surface area contributed by atoms with E-state index < -0.39 is 0 Å². The summed E-state index contributed by atoms with van der Waals surface area (Å²) in [6, 6.07) is 0.461. The molecule has 1 fully saturated rings. The fourth-order valence-corrected chi connectivity index (χ4v) is 3.73. The number of nitrogens with zero attached hydrogens (tertiary/aromatic N) is 5. The lowest BCUT2D eigenvalue weighted by Crippen LogP contribution is -2.44. The summed E-state index contributed by atoms with van der Waals surface area (Å²) in [6.07, 6.45) is 9.28. The fraction of sp³-hybridized carbons (Fsp3) is 0.706. The second-order valence-corrected chi connectivity index (χ2v) is 6.96. The molecule has 1 aromatic rings. The molecule has 124 valence electrons. The molecule has 0 unspecified atom stereocenters. The highest BCUT2D eigenvalue weighted by Crippen LogP contribution is 2.34. The Morgan fingerprint density at radius 1 is 1.30 bits per heavy atom. The molecule has 0 aromatic carbocycles. The number of aromatic nitrogens is 3. The Labute approximate surface area is 137 Å². The molecule has 1 amide bonds. The predicted molar refractivity (Wildman–Crippen MR) is 86.5 cm³/mol. The van der Waals surface area contributed by atoms with Crippen molar-refractivity contribution in [3.8, 4) is 0 Å². The summed E-state index contributed by atoms with van der Waals surface area (Å²) in [5.74, 6) is 2.22. The molecule has 0 radical (unpaired) electrons. The van der Waals surface area contributed by atoms with E-state index in [1.165, 1.54) is 18.5 Å². The standard InChI is InChI=1S/C17H25N5O/c1-13-18-19-16-11-20(9-10-21(13)16)12-17(23)22(15-7-8-15)14-5-3-2-4-6-14/h5,15H,2-4,6-12H2,1H3. The highest BCUT2D eigenvalue weighted by Gasteiger charge is 2.36. The van der Waals surface area contributed by atoms with Crippen LogP contribution in [0.3, 0.4) is 0 Å². The smallest absolute Gasteiger partial charge is 0.241 e. The van der Waals surface area contributed by atoms with Gasteiger partial charge in [-0.1, -0.05) is 6.08 Å². The molecule has 0 N–H and O–H groups in total. The Morgan fingerprint density at radius 2 is 2.17 bits per heavy atom. The highest BCUT2D eigenvalue weighted by molar-refractivity contribution is 5.80. The lowest BCUT2D eigenvalue weighted by molar-refractivity contribution is -0.131. The number of rotatable bonds is 4. The van der Waals surface area contributed by atoms with Crippen molar-refractivity contribution in [1.29, 1.82) is 0 Å². The van der Waals surface area contributed by atoms with Gasteiger partial charge >= 0.3 is 0 Å². The molecule has 0 spiro atoms. The van der Waals surface area contributed by atoms with Gasteiger partial charge in [-0.3, -0.25) is 9.69 Å². The van der Waals surface area contributed by atoms with Gasteiger partial charge in [0.05, 0.1) is 13.1 Å². The first-order chi connectivity index (χ1) is 11.2. The van der Waals surface area contributed by atoms with Crippen LogP contribution in [0.4, 0.5) is 0 Å². The molecule has 0 saturated heterocycles. The van der Waals surface area contributed by atoms with Gasteiger partial charge in [-0.25, -0.2) is 0 Å². The highest BCUT2D eigenvalue weighted by atomic mass is 16.2. The lowest BCUT2D eigenvalue weighted by atomic mass is 10.0. The molecule has 1 aliphatic heterocycles. The maximum atomic E-state index is 12.9. The number of fused-ring (bicyclic) bond motifs is 1. The van der Waals surface area contributed by atoms with Crippen molar-refractivity contribution in [2.45, 2.75) is 64.6 Å². The number of hydrogen-bond donors (Lipinski definition) is 0. The molecular formula is C17H25N5O. The van der Waals surface area contributed by atoms with E-state index in [0.717, 1.165) is 57.0 Å². The van der Waals surface area contributed by atoms with Gasteiger partial charge in [-0.2, -0.15) is 0 Å². The van der Waals surface area contributed by atoms with Crippen LogP contribution in [0, 0.1) is 6.92 Å². The van der Waals surface area contributed by atoms with Gasteiger partial charge in [0.15, 0.2) is 0 Å². The maximum Gasteiger partial charge on any atom is 0.241 e. The van der Waals surface area contributed by atoms with Crippen LogP contribution >= 0.6 is 0 Å². The minimum atomic E-state index is 0.269. The second kappa shape index (κ2) is 6.07. The molecule has 4 rings (SSSR count). The van der Waals surface area contributed by atoms with Crippen molar-refractivity contribution in [1.82, 2.24) is 24.6 Å². The third-order valence-electron chi connectivity index (χ3n) is 5.13. The summed E-state index contributed by atoms with van der Waals surface area (Å²) >= 11 is 0. The Balaban J connectivity index is 1.43. The Bertz CT molecular complexity index is 631. The topological polar surface area (TPSA) is 54.3 Å². The number of carbonyl (C=O) groups is 1. The second-order valence-electron chi connectivity index (χ2n) is 6.96. The zero-order valence-corrected chi connectivity index (χ0v) is 13.9. The quantitative estimate of drug-likeness (QED) is 0.851. The van der Waals surface area contributed by atoms with Crippen molar-refractivity contribution in [2.75, 3.05) is 13.1 Å². The van der Waals surface area contributed by atoms with E-state index >= 15 is 0 Å². The average Bonchev–Trinajstić information content (AvgIpc) is 3.32. The van der Waals surface area contributed by atoms with Gasteiger partial charge in [0.25, 0.3) is 0 Å². The average molecular weight is 315 g/mol. The third kappa shape index (κ3) is 3.04. The van der Waals surface area contributed by atoms with E-state index in [1.807, 2.05) is 6.92 Å². The zero-order valence-electron chi connectivity index (χ0n) is 13.9. The first-order valence-electron chi connectivity index (χ1n) is 8.84. The van der Waals surface area contributed by atoms with Crippen LogP contribution in [0.5, 0.6) is 0 Å². The molecule has 2 aliphatic carbocycles. The number of amides is 1. The summed E-state index contributed by atoms with van der Waals surface area (Å²) in [5, 5.41) is 8.37. The number of allylic oxidation sites excluding steroid dienone is 2. The fourth-order valence-electron chi connectivity index (χ4n) is 3.73. The molecule has 2 heterocycles. The zero-order chi connectivity index (χ0) is 15.8. The SMILES string of the molecule is Cc1nnc2n1CCN(CC(=O)N(C1=CCCCC1)C1CC1)C2. The van der Waals surface area contributed by atoms with Crippen molar-refractivity contribution in [3.63, 3.8) is 0 Å². The summed E-state index contributed by atoms with van der Waals surface area (Å²) in [7, 11) is 0. The molecule has 3 aliphatic rings. The summed E-state index contributed by atoms with van der Waals surface area (Å²) < 4.78 is 2.16. The van der Waals surface area contributed by atoms with E-state index in [1.54, 1.807) is 0 Å². The molecule has 6 nitrogen and oxygen atoms in total. The van der Waals surface area contributed by atoms with E-state index in [9.17, 15) is 4.79 Å². The van der Waals surface area contributed by atoms with Crippen molar-refractivity contribution < 1.29 is 4.79 Å². The van der Waals surface area contributed by atoms with Gasteiger partial charge in [0.1, 0.15) is 11.6 Å². The van der Waals surface area contributed by atoms with E-state index in [0.29, 0.717) is 12.6 Å². The molecule has 0 bridgehead atoms. The van der Waals surface area contributed by atoms with Gasteiger partial charge in [0, 0.05) is 24.8 Å². The Hall–Kier alpha value is -1.69. The summed E-state index contributed by atoms with van der Waals surface area (Å²) in [6.45, 7) is 4.99. The van der Waals surface area contributed by atoms with Crippen LogP contribution in [0.15, 0.2) is 11.8 Å². The first-order valence-corrected chi connectivity index (χ1v) is 8.84. The van der Waals surface area contributed by atoms with Crippen LogP contribution in [-0.4, -0.2) is 49.6 Å². The number of aryl methyl sites for hydroxylation is 1. The van der Waals surface area contributed by atoms with Crippen LogP contribution in [-0.2, 0) is 17.9 Å². The molecule has 23 heavy (non-hydrogen) atoms. The number of carbonyl (C=O) groups excluding carboxylic acids is 1. The number of hydrogen-bond acceptors (Lipinski definition) is 4. The maximum absolute atomic E-state index is 12.9. The monoisotopic (exact) mass is 315 g/mol. The van der Waals surface area contributed by atoms with E-state index in [4.69, 9.17) is 0 Å². The lowest BCUT2D eigenvalue weighted by Gasteiger charge is -2.32. The van der Waals surface area contributed by atoms with E-state index in [-0.39, 0.29) is 5.91 Å². The summed E-state index contributed by atoms with van der Waals surface area (Å²) in [4.78, 5) is 17.2.